The van der Waals surface area contributed by atoms with Gasteiger partial charge in [-0.25, -0.2) is 0 Å². The van der Waals surface area contributed by atoms with Gasteiger partial charge in [0.15, 0.2) is 11.4 Å². The van der Waals surface area contributed by atoms with Crippen LogP contribution in [0.25, 0.3) is 0 Å². The fraction of sp³-hybridized carbons (Fsp3) is 0.308. The number of carbonyl (C=O) groups is 1. The third-order valence-corrected chi connectivity index (χ3v) is 7.46. The number of ether oxygens (including phenoxy) is 1. The maximum absolute atomic E-state index is 13.4. The highest BCUT2D eigenvalue weighted by atomic mass is 16.5. The summed E-state index contributed by atoms with van der Waals surface area (Å²) in [6.07, 6.45) is 3.47. The SMILES string of the molecule is COCCN1CN(C23c4ccccc4CC2Cc2ccccc23)n2ccc(=O)c(O)c2C1=O. The minimum Gasteiger partial charge on any atom is -0.502 e. The number of hydrogen-bond acceptors (Lipinski definition) is 5. The van der Waals surface area contributed by atoms with Crippen LogP contribution in [0.3, 0.4) is 0 Å². The van der Waals surface area contributed by atoms with E-state index >= 15 is 0 Å². The summed E-state index contributed by atoms with van der Waals surface area (Å²) < 4.78 is 6.96. The maximum atomic E-state index is 13.4. The molecule has 6 rings (SSSR count). The summed E-state index contributed by atoms with van der Waals surface area (Å²) >= 11 is 0. The summed E-state index contributed by atoms with van der Waals surface area (Å²) in [5, 5.41) is 12.9. The van der Waals surface area contributed by atoms with E-state index < -0.39 is 16.7 Å². The molecule has 0 radical (unpaired) electrons. The second-order valence-electron chi connectivity index (χ2n) is 9.01. The normalized spacial score (nSPS) is 22.7. The Morgan fingerprint density at radius 3 is 2.27 bits per heavy atom. The second kappa shape index (κ2) is 7.22. The van der Waals surface area contributed by atoms with E-state index in [1.165, 1.54) is 28.3 Å². The Morgan fingerprint density at radius 1 is 1.00 bits per heavy atom. The van der Waals surface area contributed by atoms with E-state index in [0.29, 0.717) is 19.8 Å². The van der Waals surface area contributed by atoms with Gasteiger partial charge in [-0.15, -0.1) is 0 Å². The second-order valence-corrected chi connectivity index (χ2v) is 9.01. The van der Waals surface area contributed by atoms with Crippen LogP contribution >= 0.6 is 0 Å². The molecule has 0 fully saturated rings. The molecule has 0 unspecified atom stereocenters. The van der Waals surface area contributed by atoms with Crippen LogP contribution in [0.4, 0.5) is 0 Å². The first-order valence-corrected chi connectivity index (χ1v) is 11.2. The van der Waals surface area contributed by atoms with Gasteiger partial charge < -0.3 is 14.7 Å². The Kier molecular flexibility index (Phi) is 4.39. The Bertz CT molecular complexity index is 1280. The molecule has 3 aromatic rings. The van der Waals surface area contributed by atoms with E-state index in [0.717, 1.165) is 12.8 Å². The van der Waals surface area contributed by atoms with E-state index in [2.05, 4.69) is 53.5 Å². The molecule has 1 aromatic heterocycles. The highest BCUT2D eigenvalue weighted by molar-refractivity contribution is 5.96. The van der Waals surface area contributed by atoms with Crippen LogP contribution in [-0.2, 0) is 23.1 Å². The number of fused-ring (bicyclic) bond motifs is 6. The number of nitrogens with zero attached hydrogens (tertiary/aromatic N) is 3. The molecular weight excluding hydrogens is 418 g/mol. The fourth-order valence-corrected chi connectivity index (χ4v) is 6.13. The molecule has 0 saturated carbocycles. The van der Waals surface area contributed by atoms with E-state index in [-0.39, 0.29) is 17.5 Å². The molecule has 1 amide bonds. The van der Waals surface area contributed by atoms with Crippen LogP contribution in [0.2, 0.25) is 0 Å². The largest absolute Gasteiger partial charge is 0.502 e. The fourth-order valence-electron chi connectivity index (χ4n) is 6.13. The van der Waals surface area contributed by atoms with Crippen LogP contribution in [0.15, 0.2) is 65.6 Å². The summed E-state index contributed by atoms with van der Waals surface area (Å²) in [4.78, 5) is 27.4. The van der Waals surface area contributed by atoms with Crippen LogP contribution in [0.1, 0.15) is 32.7 Å². The Balaban J connectivity index is 1.64. The van der Waals surface area contributed by atoms with Gasteiger partial charge in [-0.2, -0.15) is 0 Å². The first-order chi connectivity index (χ1) is 16.1. The van der Waals surface area contributed by atoms with Crippen molar-refractivity contribution in [3.8, 4) is 5.75 Å². The molecule has 33 heavy (non-hydrogen) atoms. The highest BCUT2D eigenvalue weighted by Gasteiger charge is 2.58. The van der Waals surface area contributed by atoms with Gasteiger partial charge in [0, 0.05) is 31.8 Å². The van der Waals surface area contributed by atoms with E-state index in [9.17, 15) is 14.7 Å². The molecule has 168 valence electrons. The number of carbonyl (C=O) groups excluding carboxylic acids is 1. The van der Waals surface area contributed by atoms with Crippen molar-refractivity contribution >= 4 is 5.91 Å². The third-order valence-electron chi connectivity index (χ3n) is 7.46. The molecular formula is C26H25N3O4. The highest BCUT2D eigenvalue weighted by Crippen LogP contribution is 2.56. The first-order valence-electron chi connectivity index (χ1n) is 11.2. The molecule has 0 atom stereocenters. The van der Waals surface area contributed by atoms with Crippen LogP contribution in [0.5, 0.6) is 5.75 Å². The minimum atomic E-state index is -0.559. The lowest BCUT2D eigenvalue weighted by Gasteiger charge is -2.50. The van der Waals surface area contributed by atoms with E-state index in [4.69, 9.17) is 4.74 Å². The molecule has 0 spiro atoms. The van der Waals surface area contributed by atoms with Crippen molar-refractivity contribution in [2.75, 3.05) is 31.9 Å². The number of hydrogen-bond donors (Lipinski definition) is 1. The quantitative estimate of drug-likeness (QED) is 0.669. The number of methoxy groups -OCH3 is 1. The summed E-state index contributed by atoms with van der Waals surface area (Å²) in [5.41, 5.74) is 3.95. The van der Waals surface area contributed by atoms with Crippen molar-refractivity contribution in [3.63, 3.8) is 0 Å². The predicted molar refractivity (Wildman–Crippen MR) is 123 cm³/mol. The van der Waals surface area contributed by atoms with Crippen molar-refractivity contribution in [2.45, 2.75) is 18.4 Å². The average Bonchev–Trinajstić information content (AvgIpc) is 3.32. The standard InChI is InChI=1S/C26H25N3O4/c1-33-13-12-27-16-29(28-11-10-22(30)24(31)23(28)25(27)32)26-19(14-17-6-2-4-8-20(17)26)15-18-7-3-5-9-21(18)26/h2-11,19,31H,12-16H2,1H3. The van der Waals surface area contributed by atoms with Gasteiger partial charge in [0.05, 0.1) is 6.61 Å². The zero-order valence-corrected chi connectivity index (χ0v) is 18.4. The summed E-state index contributed by atoms with van der Waals surface area (Å²) in [5.74, 6) is -0.622. The van der Waals surface area contributed by atoms with Crippen LogP contribution < -0.4 is 10.4 Å². The minimum absolute atomic E-state index is 0.00624. The molecule has 3 aliphatic rings. The van der Waals surface area contributed by atoms with Gasteiger partial charge in [0.25, 0.3) is 5.91 Å². The van der Waals surface area contributed by atoms with Crippen LogP contribution in [0, 0.1) is 5.92 Å². The molecule has 0 bridgehead atoms. The maximum Gasteiger partial charge on any atom is 0.277 e. The van der Waals surface area contributed by atoms with Crippen molar-refractivity contribution in [2.24, 2.45) is 5.92 Å². The molecule has 0 saturated heterocycles. The molecule has 2 aliphatic carbocycles. The van der Waals surface area contributed by atoms with Gasteiger partial charge >= 0.3 is 0 Å². The van der Waals surface area contributed by atoms with Crippen molar-refractivity contribution in [3.05, 3.63) is 99.0 Å². The molecule has 2 aromatic carbocycles. The zero-order chi connectivity index (χ0) is 22.7. The van der Waals surface area contributed by atoms with Crippen LogP contribution in [-0.4, -0.2) is 47.5 Å². The zero-order valence-electron chi connectivity index (χ0n) is 18.4. The molecule has 7 heteroatoms. The number of amides is 1. The Hall–Kier alpha value is -3.58. The number of aromatic nitrogens is 1. The summed E-state index contributed by atoms with van der Waals surface area (Å²) in [6.45, 7) is 1.04. The summed E-state index contributed by atoms with van der Waals surface area (Å²) in [6, 6.07) is 18.3. The topological polar surface area (TPSA) is 75.0 Å². The van der Waals surface area contributed by atoms with Gasteiger partial charge in [0.2, 0.25) is 5.43 Å². The van der Waals surface area contributed by atoms with Crippen molar-refractivity contribution < 1.29 is 14.6 Å². The monoisotopic (exact) mass is 443 g/mol. The van der Waals surface area contributed by atoms with E-state index in [1.807, 2.05) is 0 Å². The van der Waals surface area contributed by atoms with Gasteiger partial charge in [-0.1, -0.05) is 48.5 Å². The van der Waals surface area contributed by atoms with Gasteiger partial charge in [-0.05, 0) is 35.1 Å². The predicted octanol–water partition coefficient (Wildman–Crippen LogP) is 2.22. The smallest absolute Gasteiger partial charge is 0.277 e. The van der Waals surface area contributed by atoms with Crippen molar-refractivity contribution in [1.29, 1.82) is 0 Å². The Morgan fingerprint density at radius 2 is 1.64 bits per heavy atom. The number of pyridine rings is 1. The summed E-state index contributed by atoms with van der Waals surface area (Å²) in [7, 11) is 1.59. The lowest BCUT2D eigenvalue weighted by Crippen LogP contribution is -2.63. The van der Waals surface area contributed by atoms with Gasteiger partial charge in [-0.3, -0.25) is 19.3 Å². The number of rotatable bonds is 4. The van der Waals surface area contributed by atoms with Crippen molar-refractivity contribution in [1.82, 2.24) is 9.58 Å². The molecule has 7 nitrogen and oxygen atoms in total. The average molecular weight is 444 g/mol. The molecule has 1 aliphatic heterocycles. The number of aromatic hydroxyl groups is 1. The Labute approximate surface area is 191 Å². The lowest BCUT2D eigenvalue weighted by molar-refractivity contribution is 0.0579. The molecule has 1 N–H and O–H groups in total. The third kappa shape index (κ3) is 2.60. The lowest BCUT2D eigenvalue weighted by atomic mass is 9.81. The van der Waals surface area contributed by atoms with E-state index in [1.54, 1.807) is 22.9 Å². The van der Waals surface area contributed by atoms with Gasteiger partial charge in [0.1, 0.15) is 12.2 Å². The number of benzene rings is 2. The first kappa shape index (κ1) is 20.1. The molecule has 2 heterocycles.